The predicted molar refractivity (Wildman–Crippen MR) is 99.8 cm³/mol. The van der Waals surface area contributed by atoms with Crippen LogP contribution in [0.4, 0.5) is 18.9 Å². The molecule has 1 heterocycles. The average Bonchev–Trinajstić information content (AvgIpc) is 3.00. The summed E-state index contributed by atoms with van der Waals surface area (Å²) in [6.45, 7) is 0. The zero-order chi connectivity index (χ0) is 21.2. The summed E-state index contributed by atoms with van der Waals surface area (Å²) in [6.07, 6.45) is -2.95. The molecule has 2 amide bonds. The molecule has 1 aromatic carbocycles. The van der Waals surface area contributed by atoms with Crippen LogP contribution in [0.5, 0.6) is 11.5 Å². The molecule has 0 bridgehead atoms. The first kappa shape index (κ1) is 21.3. The standard InChI is InChI=1S/C20H25F3N2O4/c1-25-16(7-9-18(25)26)19(27)24-15-11-14(6-8-17(15)28-2)29-13-5-3-4-12(10-13)20(21,22)23/h6,8,11-13,16H,3-5,7,9-10H2,1-2H3,(H,24,27)/t12-,13+,16?/m0/s1. The largest absolute Gasteiger partial charge is 0.495 e. The van der Waals surface area contributed by atoms with E-state index < -0.39 is 24.2 Å². The number of likely N-dealkylation sites (tertiary alicyclic amines) is 1. The molecule has 3 atom stereocenters. The van der Waals surface area contributed by atoms with Gasteiger partial charge in [0.05, 0.1) is 24.8 Å². The van der Waals surface area contributed by atoms with E-state index in [0.29, 0.717) is 42.9 Å². The van der Waals surface area contributed by atoms with Crippen LogP contribution in [0.1, 0.15) is 38.5 Å². The van der Waals surface area contributed by atoms with Gasteiger partial charge in [-0.1, -0.05) is 0 Å². The fourth-order valence-electron chi connectivity index (χ4n) is 3.93. The zero-order valence-corrected chi connectivity index (χ0v) is 16.4. The van der Waals surface area contributed by atoms with E-state index in [1.807, 2.05) is 0 Å². The molecule has 0 spiro atoms. The fourth-order valence-corrected chi connectivity index (χ4v) is 3.93. The number of nitrogens with zero attached hydrogens (tertiary/aromatic N) is 1. The second-order valence-corrected chi connectivity index (χ2v) is 7.56. The van der Waals surface area contributed by atoms with Crippen molar-refractivity contribution in [1.29, 1.82) is 0 Å². The third-order valence-corrected chi connectivity index (χ3v) is 5.62. The molecule has 0 radical (unpaired) electrons. The Bertz CT molecular complexity index is 769. The monoisotopic (exact) mass is 414 g/mol. The minimum Gasteiger partial charge on any atom is -0.495 e. The summed E-state index contributed by atoms with van der Waals surface area (Å²) in [5.41, 5.74) is 0.353. The summed E-state index contributed by atoms with van der Waals surface area (Å²) in [4.78, 5) is 25.6. The maximum Gasteiger partial charge on any atom is 0.391 e. The van der Waals surface area contributed by atoms with E-state index >= 15 is 0 Å². The molecule has 1 N–H and O–H groups in total. The number of alkyl halides is 3. The zero-order valence-electron chi connectivity index (χ0n) is 16.4. The van der Waals surface area contributed by atoms with Crippen molar-refractivity contribution in [2.24, 2.45) is 5.92 Å². The topological polar surface area (TPSA) is 67.9 Å². The highest BCUT2D eigenvalue weighted by Gasteiger charge is 2.42. The Balaban J connectivity index is 1.70. The molecular weight excluding hydrogens is 389 g/mol. The van der Waals surface area contributed by atoms with Gasteiger partial charge in [-0.25, -0.2) is 0 Å². The first-order chi connectivity index (χ1) is 13.7. The SMILES string of the molecule is COc1ccc(O[C@@H]2CCC[C@H](C(F)(F)F)C2)cc1NC(=O)C1CCC(=O)N1C. The molecule has 9 heteroatoms. The predicted octanol–water partition coefficient (Wildman–Crippen LogP) is 3.75. The van der Waals surface area contributed by atoms with E-state index in [2.05, 4.69) is 5.32 Å². The number of hydrogen-bond acceptors (Lipinski definition) is 4. The lowest BCUT2D eigenvalue weighted by atomic mass is 9.87. The van der Waals surface area contributed by atoms with Crippen molar-refractivity contribution in [3.63, 3.8) is 0 Å². The summed E-state index contributed by atoms with van der Waals surface area (Å²) in [5, 5.41) is 2.75. The Kier molecular flexibility index (Phi) is 6.24. The number of methoxy groups -OCH3 is 1. The smallest absolute Gasteiger partial charge is 0.391 e. The summed E-state index contributed by atoms with van der Waals surface area (Å²) in [5.74, 6) is -1.03. The number of benzene rings is 1. The third kappa shape index (κ3) is 4.94. The molecule has 1 saturated heterocycles. The Hall–Kier alpha value is -2.45. The molecule has 29 heavy (non-hydrogen) atoms. The molecule has 1 saturated carbocycles. The summed E-state index contributed by atoms with van der Waals surface area (Å²) in [6, 6.07) is 4.18. The van der Waals surface area contributed by atoms with Crippen LogP contribution in [-0.2, 0) is 9.59 Å². The van der Waals surface area contributed by atoms with Crippen LogP contribution in [0.15, 0.2) is 18.2 Å². The summed E-state index contributed by atoms with van der Waals surface area (Å²) >= 11 is 0. The van der Waals surface area contributed by atoms with Crippen molar-refractivity contribution < 1.29 is 32.2 Å². The lowest BCUT2D eigenvalue weighted by molar-refractivity contribution is -0.188. The van der Waals surface area contributed by atoms with Crippen LogP contribution in [0.25, 0.3) is 0 Å². The van der Waals surface area contributed by atoms with Gasteiger partial charge in [-0.05, 0) is 44.2 Å². The third-order valence-electron chi connectivity index (χ3n) is 5.62. The molecule has 1 aromatic rings. The molecular formula is C20H25F3N2O4. The van der Waals surface area contributed by atoms with Crippen LogP contribution < -0.4 is 14.8 Å². The lowest BCUT2D eigenvalue weighted by Gasteiger charge is -2.31. The van der Waals surface area contributed by atoms with Crippen LogP contribution >= 0.6 is 0 Å². The van der Waals surface area contributed by atoms with Crippen LogP contribution in [0, 0.1) is 5.92 Å². The second kappa shape index (κ2) is 8.51. The van der Waals surface area contributed by atoms with Gasteiger partial charge in [0.15, 0.2) is 0 Å². The van der Waals surface area contributed by atoms with Gasteiger partial charge >= 0.3 is 6.18 Å². The van der Waals surface area contributed by atoms with Crippen molar-refractivity contribution in [1.82, 2.24) is 4.90 Å². The van der Waals surface area contributed by atoms with Gasteiger partial charge in [-0.15, -0.1) is 0 Å². The number of anilines is 1. The maximum atomic E-state index is 13.0. The van der Waals surface area contributed by atoms with Crippen molar-refractivity contribution in [2.75, 3.05) is 19.5 Å². The second-order valence-electron chi connectivity index (χ2n) is 7.56. The van der Waals surface area contributed by atoms with Gasteiger partial charge in [0, 0.05) is 19.5 Å². The number of nitrogens with one attached hydrogen (secondary N) is 1. The summed E-state index contributed by atoms with van der Waals surface area (Å²) in [7, 11) is 3.03. The minimum atomic E-state index is -4.22. The van der Waals surface area contributed by atoms with Crippen LogP contribution in [-0.4, -0.2) is 49.2 Å². The van der Waals surface area contributed by atoms with Crippen molar-refractivity contribution in [3.8, 4) is 11.5 Å². The van der Waals surface area contributed by atoms with E-state index in [1.54, 1.807) is 25.2 Å². The van der Waals surface area contributed by atoms with Crippen molar-refractivity contribution >= 4 is 17.5 Å². The highest BCUT2D eigenvalue weighted by atomic mass is 19.4. The molecule has 1 unspecified atom stereocenters. The maximum absolute atomic E-state index is 13.0. The Morgan fingerprint density at radius 3 is 2.62 bits per heavy atom. The minimum absolute atomic E-state index is 0.0772. The number of rotatable bonds is 5. The molecule has 2 fully saturated rings. The normalized spacial score (nSPS) is 25.1. The molecule has 6 nitrogen and oxygen atoms in total. The molecule has 3 rings (SSSR count). The van der Waals surface area contributed by atoms with Gasteiger partial charge in [0.25, 0.3) is 0 Å². The van der Waals surface area contributed by atoms with Crippen LogP contribution in [0.3, 0.4) is 0 Å². The number of hydrogen-bond donors (Lipinski definition) is 1. The number of carbonyl (C=O) groups is 2. The van der Waals surface area contributed by atoms with E-state index in [9.17, 15) is 22.8 Å². The number of ether oxygens (including phenoxy) is 2. The van der Waals surface area contributed by atoms with Gasteiger partial charge < -0.3 is 19.7 Å². The Morgan fingerprint density at radius 2 is 2.00 bits per heavy atom. The van der Waals surface area contributed by atoms with E-state index in [1.165, 1.54) is 12.0 Å². The van der Waals surface area contributed by atoms with E-state index in [4.69, 9.17) is 9.47 Å². The highest BCUT2D eigenvalue weighted by Crippen LogP contribution is 2.39. The quantitative estimate of drug-likeness (QED) is 0.797. The van der Waals surface area contributed by atoms with E-state index in [0.717, 1.165) is 0 Å². The average molecular weight is 414 g/mol. The molecule has 2 aliphatic rings. The van der Waals surface area contributed by atoms with Crippen molar-refractivity contribution in [2.45, 2.75) is 56.8 Å². The lowest BCUT2D eigenvalue weighted by Crippen LogP contribution is -2.39. The van der Waals surface area contributed by atoms with Gasteiger partial charge in [0.2, 0.25) is 11.8 Å². The number of halogens is 3. The highest BCUT2D eigenvalue weighted by molar-refractivity contribution is 5.99. The van der Waals surface area contributed by atoms with Gasteiger partial charge in [-0.3, -0.25) is 9.59 Å². The van der Waals surface area contributed by atoms with Crippen LogP contribution in [0.2, 0.25) is 0 Å². The molecule has 1 aliphatic carbocycles. The Labute approximate surface area is 167 Å². The summed E-state index contributed by atoms with van der Waals surface area (Å²) < 4.78 is 50.1. The Morgan fingerprint density at radius 1 is 1.24 bits per heavy atom. The van der Waals surface area contributed by atoms with Crippen molar-refractivity contribution in [3.05, 3.63) is 18.2 Å². The number of amides is 2. The molecule has 1 aliphatic heterocycles. The number of likely N-dealkylation sites (N-methyl/N-ethyl adjacent to an activating group) is 1. The first-order valence-corrected chi connectivity index (χ1v) is 9.67. The first-order valence-electron chi connectivity index (χ1n) is 9.67. The molecule has 160 valence electrons. The van der Waals surface area contributed by atoms with Gasteiger partial charge in [-0.2, -0.15) is 13.2 Å². The van der Waals surface area contributed by atoms with E-state index in [-0.39, 0.29) is 24.7 Å². The fraction of sp³-hybridized carbons (Fsp3) is 0.600. The number of carbonyl (C=O) groups excluding carboxylic acids is 2. The van der Waals surface area contributed by atoms with Gasteiger partial charge in [0.1, 0.15) is 17.5 Å². The molecule has 0 aromatic heterocycles.